The SMILES string of the molecule is CCc1nc2ccc(Br)cn2c1C(=O)NCCCOC. The zero-order chi connectivity index (χ0) is 14.5. The van der Waals surface area contributed by atoms with Crippen molar-refractivity contribution >= 4 is 27.5 Å². The molecule has 20 heavy (non-hydrogen) atoms. The summed E-state index contributed by atoms with van der Waals surface area (Å²) in [6, 6.07) is 3.81. The molecular weight excluding hydrogens is 322 g/mol. The number of carbonyl (C=O) groups excluding carboxylic acids is 1. The first-order valence-electron chi connectivity index (χ1n) is 6.61. The van der Waals surface area contributed by atoms with Crippen LogP contribution in [-0.4, -0.2) is 35.6 Å². The average molecular weight is 340 g/mol. The third-order valence-electron chi connectivity index (χ3n) is 3.02. The first-order valence-corrected chi connectivity index (χ1v) is 7.40. The van der Waals surface area contributed by atoms with Crippen molar-refractivity contribution in [2.24, 2.45) is 0 Å². The summed E-state index contributed by atoms with van der Waals surface area (Å²) < 4.78 is 7.71. The molecule has 0 aromatic carbocycles. The molecule has 2 aromatic rings. The lowest BCUT2D eigenvalue weighted by atomic mass is 10.2. The minimum Gasteiger partial charge on any atom is -0.385 e. The number of ether oxygens (including phenoxy) is 1. The lowest BCUT2D eigenvalue weighted by Crippen LogP contribution is -2.27. The summed E-state index contributed by atoms with van der Waals surface area (Å²) in [5, 5.41) is 2.91. The number of pyridine rings is 1. The molecule has 5 nitrogen and oxygen atoms in total. The highest BCUT2D eigenvalue weighted by atomic mass is 79.9. The normalized spacial score (nSPS) is 10.9. The van der Waals surface area contributed by atoms with Crippen molar-refractivity contribution in [1.82, 2.24) is 14.7 Å². The molecule has 0 spiro atoms. The van der Waals surface area contributed by atoms with Crippen LogP contribution in [0.4, 0.5) is 0 Å². The number of aryl methyl sites for hydroxylation is 1. The number of hydrogen-bond donors (Lipinski definition) is 1. The van der Waals surface area contributed by atoms with Gasteiger partial charge in [-0.1, -0.05) is 6.92 Å². The number of aromatic nitrogens is 2. The monoisotopic (exact) mass is 339 g/mol. The van der Waals surface area contributed by atoms with Crippen LogP contribution in [-0.2, 0) is 11.2 Å². The number of methoxy groups -OCH3 is 1. The number of rotatable bonds is 6. The van der Waals surface area contributed by atoms with E-state index < -0.39 is 0 Å². The van der Waals surface area contributed by atoms with E-state index in [1.54, 1.807) is 7.11 Å². The Balaban J connectivity index is 2.26. The predicted octanol–water partition coefficient (Wildman–Crippen LogP) is 2.43. The van der Waals surface area contributed by atoms with Crippen molar-refractivity contribution in [2.75, 3.05) is 20.3 Å². The quantitative estimate of drug-likeness (QED) is 0.822. The molecule has 2 heterocycles. The van der Waals surface area contributed by atoms with E-state index in [-0.39, 0.29) is 5.91 Å². The third kappa shape index (κ3) is 3.19. The topological polar surface area (TPSA) is 55.6 Å². The van der Waals surface area contributed by atoms with Gasteiger partial charge in [-0.2, -0.15) is 0 Å². The predicted molar refractivity (Wildman–Crippen MR) is 81.1 cm³/mol. The molecule has 2 aromatic heterocycles. The maximum atomic E-state index is 12.3. The lowest BCUT2D eigenvalue weighted by Gasteiger charge is -2.06. The van der Waals surface area contributed by atoms with E-state index in [4.69, 9.17) is 4.74 Å². The average Bonchev–Trinajstić information content (AvgIpc) is 2.81. The molecule has 0 atom stereocenters. The Morgan fingerprint density at radius 3 is 3.00 bits per heavy atom. The Kier molecular flexibility index (Phi) is 5.14. The molecule has 0 saturated heterocycles. The van der Waals surface area contributed by atoms with E-state index in [1.165, 1.54) is 0 Å². The van der Waals surface area contributed by atoms with Crippen molar-refractivity contribution < 1.29 is 9.53 Å². The molecule has 2 rings (SSSR count). The van der Waals surface area contributed by atoms with Gasteiger partial charge in [0.05, 0.1) is 5.69 Å². The van der Waals surface area contributed by atoms with Gasteiger partial charge in [-0.25, -0.2) is 4.98 Å². The molecule has 0 radical (unpaired) electrons. The second-order valence-corrected chi connectivity index (χ2v) is 5.35. The van der Waals surface area contributed by atoms with Gasteiger partial charge in [0.1, 0.15) is 11.3 Å². The van der Waals surface area contributed by atoms with Gasteiger partial charge in [-0.3, -0.25) is 9.20 Å². The molecule has 1 N–H and O–H groups in total. The Labute approximate surface area is 126 Å². The van der Waals surface area contributed by atoms with Crippen LogP contribution in [0, 0.1) is 0 Å². The summed E-state index contributed by atoms with van der Waals surface area (Å²) in [5.41, 5.74) is 2.21. The van der Waals surface area contributed by atoms with Crippen molar-refractivity contribution in [3.8, 4) is 0 Å². The highest BCUT2D eigenvalue weighted by Crippen LogP contribution is 2.17. The summed E-state index contributed by atoms with van der Waals surface area (Å²) in [5.74, 6) is -0.0939. The molecule has 0 fully saturated rings. The van der Waals surface area contributed by atoms with Crippen LogP contribution >= 0.6 is 15.9 Å². The van der Waals surface area contributed by atoms with Crippen molar-refractivity contribution in [1.29, 1.82) is 0 Å². The summed E-state index contributed by atoms with van der Waals surface area (Å²) >= 11 is 3.42. The van der Waals surface area contributed by atoms with Crippen LogP contribution in [0.1, 0.15) is 29.5 Å². The van der Waals surface area contributed by atoms with Gasteiger partial charge in [0.25, 0.3) is 5.91 Å². The van der Waals surface area contributed by atoms with Crippen molar-refractivity contribution in [2.45, 2.75) is 19.8 Å². The highest BCUT2D eigenvalue weighted by molar-refractivity contribution is 9.10. The number of nitrogens with one attached hydrogen (secondary N) is 1. The zero-order valence-corrected chi connectivity index (χ0v) is 13.2. The number of imidazole rings is 1. The fraction of sp³-hybridized carbons (Fsp3) is 0.429. The molecule has 108 valence electrons. The summed E-state index contributed by atoms with van der Waals surface area (Å²) in [4.78, 5) is 16.8. The van der Waals surface area contributed by atoms with Crippen LogP contribution in [0.3, 0.4) is 0 Å². The van der Waals surface area contributed by atoms with Crippen LogP contribution < -0.4 is 5.32 Å². The van der Waals surface area contributed by atoms with E-state index in [1.807, 2.05) is 29.7 Å². The first kappa shape index (κ1) is 15.0. The van der Waals surface area contributed by atoms with Crippen molar-refractivity contribution in [3.63, 3.8) is 0 Å². The van der Waals surface area contributed by atoms with E-state index in [0.717, 1.165) is 28.7 Å². The van der Waals surface area contributed by atoms with Gasteiger partial charge in [-0.05, 0) is 40.9 Å². The molecule has 0 aliphatic rings. The molecule has 0 unspecified atom stereocenters. The summed E-state index contributed by atoms with van der Waals surface area (Å²) in [6.45, 7) is 3.23. The molecule has 0 aliphatic heterocycles. The Bertz CT molecular complexity index is 610. The van der Waals surface area contributed by atoms with E-state index in [2.05, 4.69) is 26.2 Å². The van der Waals surface area contributed by atoms with Gasteiger partial charge in [0, 0.05) is 30.9 Å². The number of halogens is 1. The van der Waals surface area contributed by atoms with Gasteiger partial charge in [0.2, 0.25) is 0 Å². The van der Waals surface area contributed by atoms with Gasteiger partial charge < -0.3 is 10.1 Å². The molecule has 0 aliphatic carbocycles. The van der Waals surface area contributed by atoms with Crippen LogP contribution in [0.5, 0.6) is 0 Å². The second-order valence-electron chi connectivity index (χ2n) is 4.44. The van der Waals surface area contributed by atoms with Crippen LogP contribution in [0.2, 0.25) is 0 Å². The molecule has 1 amide bonds. The highest BCUT2D eigenvalue weighted by Gasteiger charge is 2.17. The summed E-state index contributed by atoms with van der Waals surface area (Å²) in [6.07, 6.45) is 3.38. The Morgan fingerprint density at radius 1 is 1.50 bits per heavy atom. The molecular formula is C14H18BrN3O2. The minimum absolute atomic E-state index is 0.0939. The molecule has 6 heteroatoms. The van der Waals surface area contributed by atoms with E-state index in [0.29, 0.717) is 18.8 Å². The maximum Gasteiger partial charge on any atom is 0.270 e. The third-order valence-corrected chi connectivity index (χ3v) is 3.48. The van der Waals surface area contributed by atoms with E-state index in [9.17, 15) is 4.79 Å². The zero-order valence-electron chi connectivity index (χ0n) is 11.6. The van der Waals surface area contributed by atoms with Crippen LogP contribution in [0.25, 0.3) is 5.65 Å². The largest absolute Gasteiger partial charge is 0.385 e. The number of fused-ring (bicyclic) bond motifs is 1. The van der Waals surface area contributed by atoms with Crippen LogP contribution in [0.15, 0.2) is 22.8 Å². The van der Waals surface area contributed by atoms with Gasteiger partial charge >= 0.3 is 0 Å². The first-order chi connectivity index (χ1) is 9.67. The van der Waals surface area contributed by atoms with Gasteiger partial charge in [-0.15, -0.1) is 0 Å². The maximum absolute atomic E-state index is 12.3. The number of amides is 1. The Morgan fingerprint density at radius 2 is 2.30 bits per heavy atom. The second kappa shape index (κ2) is 6.85. The fourth-order valence-corrected chi connectivity index (χ4v) is 2.39. The standard InChI is InChI=1S/C14H18BrN3O2/c1-3-11-13(14(19)16-7-4-8-20-2)18-9-10(15)5-6-12(18)17-11/h5-6,9H,3-4,7-8H2,1-2H3,(H,16,19). The van der Waals surface area contributed by atoms with Gasteiger partial charge in [0.15, 0.2) is 0 Å². The minimum atomic E-state index is -0.0939. The lowest BCUT2D eigenvalue weighted by molar-refractivity contribution is 0.0941. The number of carbonyl (C=O) groups is 1. The molecule has 0 bridgehead atoms. The fourth-order valence-electron chi connectivity index (χ4n) is 2.06. The Hall–Kier alpha value is -1.40. The number of hydrogen-bond acceptors (Lipinski definition) is 3. The summed E-state index contributed by atoms with van der Waals surface area (Å²) in [7, 11) is 1.65. The number of nitrogens with zero attached hydrogens (tertiary/aromatic N) is 2. The van der Waals surface area contributed by atoms with Crippen molar-refractivity contribution in [3.05, 3.63) is 34.2 Å². The molecule has 0 saturated carbocycles. The van der Waals surface area contributed by atoms with E-state index >= 15 is 0 Å². The smallest absolute Gasteiger partial charge is 0.270 e.